The molecule has 4 aromatic rings. The fourth-order valence-corrected chi connectivity index (χ4v) is 3.52. The van der Waals surface area contributed by atoms with Gasteiger partial charge in [0.05, 0.1) is 16.6 Å². The van der Waals surface area contributed by atoms with Crippen LogP contribution in [0.1, 0.15) is 27.4 Å². The molecule has 176 valence electrons. The summed E-state index contributed by atoms with van der Waals surface area (Å²) in [6.45, 7) is 2.58. The van der Waals surface area contributed by atoms with Crippen molar-refractivity contribution in [3.8, 4) is 0 Å². The van der Waals surface area contributed by atoms with Crippen molar-refractivity contribution in [2.24, 2.45) is 7.05 Å². The van der Waals surface area contributed by atoms with Crippen LogP contribution < -0.4 is 10.6 Å². The highest BCUT2D eigenvalue weighted by atomic mass is 19.4. The van der Waals surface area contributed by atoms with Gasteiger partial charge in [-0.1, -0.05) is 0 Å². The number of aromatic nitrogens is 5. The molecule has 0 fully saturated rings. The second-order valence-corrected chi connectivity index (χ2v) is 7.70. The van der Waals surface area contributed by atoms with Crippen molar-refractivity contribution in [1.29, 1.82) is 0 Å². The van der Waals surface area contributed by atoms with Crippen molar-refractivity contribution in [3.63, 3.8) is 0 Å². The van der Waals surface area contributed by atoms with Crippen LogP contribution in [0.5, 0.6) is 0 Å². The second kappa shape index (κ2) is 8.61. The van der Waals surface area contributed by atoms with Crippen molar-refractivity contribution in [3.05, 3.63) is 65.2 Å². The molecule has 0 saturated heterocycles. The normalized spacial score (nSPS) is 11.6. The molecular weight excluding hydrogens is 451 g/mol. The first-order valence-electron chi connectivity index (χ1n) is 10.1. The maximum Gasteiger partial charge on any atom is 0.417 e. The summed E-state index contributed by atoms with van der Waals surface area (Å²) >= 11 is 0. The standard InChI is InChI=1S/C22H20F3N7O2/c1-12-10-16(22(23,24)25)19-13(2)29-32(20(19)26-12)11-18(33)27-14-4-6-15(7-5-14)28-21(34)17-8-9-31(3)30-17/h4-10H,11H2,1-3H3,(H,27,33)(H,28,34). The van der Waals surface area contributed by atoms with Gasteiger partial charge in [-0.3, -0.25) is 14.3 Å². The first-order valence-corrected chi connectivity index (χ1v) is 10.1. The highest BCUT2D eigenvalue weighted by Crippen LogP contribution is 2.36. The molecule has 0 spiro atoms. The fourth-order valence-electron chi connectivity index (χ4n) is 3.52. The van der Waals surface area contributed by atoms with Gasteiger partial charge in [0.1, 0.15) is 6.54 Å². The number of aryl methyl sites for hydroxylation is 3. The topological polar surface area (TPSA) is 107 Å². The van der Waals surface area contributed by atoms with Crippen LogP contribution in [0.15, 0.2) is 42.6 Å². The van der Waals surface area contributed by atoms with Crippen molar-refractivity contribution < 1.29 is 22.8 Å². The Kier molecular flexibility index (Phi) is 5.82. The van der Waals surface area contributed by atoms with Crippen molar-refractivity contribution >= 4 is 34.2 Å². The van der Waals surface area contributed by atoms with Gasteiger partial charge in [0.25, 0.3) is 5.91 Å². The van der Waals surface area contributed by atoms with Crippen LogP contribution in [0.3, 0.4) is 0 Å². The van der Waals surface area contributed by atoms with Gasteiger partial charge in [-0.15, -0.1) is 0 Å². The highest BCUT2D eigenvalue weighted by Gasteiger charge is 2.35. The molecule has 9 nitrogen and oxygen atoms in total. The zero-order valence-electron chi connectivity index (χ0n) is 18.4. The fraction of sp³-hybridized carbons (Fsp3) is 0.227. The summed E-state index contributed by atoms with van der Waals surface area (Å²) in [6.07, 6.45) is -2.92. The van der Waals surface area contributed by atoms with E-state index in [0.717, 1.165) is 10.7 Å². The molecule has 3 heterocycles. The van der Waals surface area contributed by atoms with Crippen LogP contribution in [0, 0.1) is 13.8 Å². The summed E-state index contributed by atoms with van der Waals surface area (Å²) in [6, 6.07) is 8.92. The van der Waals surface area contributed by atoms with E-state index >= 15 is 0 Å². The zero-order valence-corrected chi connectivity index (χ0v) is 18.4. The van der Waals surface area contributed by atoms with Gasteiger partial charge >= 0.3 is 6.18 Å². The molecule has 0 radical (unpaired) electrons. The number of carbonyl (C=O) groups excluding carboxylic acids is 2. The lowest BCUT2D eigenvalue weighted by atomic mass is 10.1. The minimum absolute atomic E-state index is 0.00689. The molecule has 1 aromatic carbocycles. The van der Waals surface area contributed by atoms with E-state index in [1.165, 1.54) is 18.5 Å². The number of halogens is 3. The molecule has 12 heteroatoms. The number of pyridine rings is 1. The number of carbonyl (C=O) groups is 2. The Hall–Kier alpha value is -4.22. The lowest BCUT2D eigenvalue weighted by Crippen LogP contribution is -2.20. The third-order valence-corrected chi connectivity index (χ3v) is 4.98. The number of hydrogen-bond donors (Lipinski definition) is 2. The van der Waals surface area contributed by atoms with Crippen LogP contribution in [0.25, 0.3) is 11.0 Å². The maximum absolute atomic E-state index is 13.5. The quantitative estimate of drug-likeness (QED) is 0.462. The molecule has 2 N–H and O–H groups in total. The summed E-state index contributed by atoms with van der Waals surface area (Å²) in [5, 5.41) is 13.4. The molecule has 0 bridgehead atoms. The summed E-state index contributed by atoms with van der Waals surface area (Å²) in [4.78, 5) is 28.9. The predicted molar refractivity (Wildman–Crippen MR) is 118 cm³/mol. The number of amides is 2. The van der Waals surface area contributed by atoms with E-state index < -0.39 is 17.6 Å². The van der Waals surface area contributed by atoms with Gasteiger partial charge in [0.2, 0.25) is 5.91 Å². The van der Waals surface area contributed by atoms with E-state index in [4.69, 9.17) is 0 Å². The number of benzene rings is 1. The van der Waals surface area contributed by atoms with Gasteiger partial charge in [0, 0.05) is 30.3 Å². The second-order valence-electron chi connectivity index (χ2n) is 7.70. The lowest BCUT2D eigenvalue weighted by Gasteiger charge is -2.10. The van der Waals surface area contributed by atoms with Gasteiger partial charge in [-0.2, -0.15) is 23.4 Å². The number of nitrogens with one attached hydrogen (secondary N) is 2. The Morgan fingerprint density at radius 3 is 2.24 bits per heavy atom. The Bertz CT molecular complexity index is 1390. The Morgan fingerprint density at radius 2 is 1.65 bits per heavy atom. The minimum Gasteiger partial charge on any atom is -0.324 e. The SMILES string of the molecule is Cc1cc(C(F)(F)F)c2c(C)nn(CC(=O)Nc3ccc(NC(=O)c4ccn(C)n4)cc3)c2n1. The number of nitrogens with zero attached hydrogens (tertiary/aromatic N) is 5. The molecule has 0 unspecified atom stereocenters. The molecule has 0 aliphatic rings. The smallest absolute Gasteiger partial charge is 0.324 e. The molecule has 3 aromatic heterocycles. The number of anilines is 2. The summed E-state index contributed by atoms with van der Waals surface area (Å²) in [7, 11) is 1.70. The van der Waals surface area contributed by atoms with E-state index in [0.29, 0.717) is 11.4 Å². The van der Waals surface area contributed by atoms with E-state index in [9.17, 15) is 22.8 Å². The van der Waals surface area contributed by atoms with Crippen LogP contribution >= 0.6 is 0 Å². The van der Waals surface area contributed by atoms with E-state index in [2.05, 4.69) is 25.8 Å². The summed E-state index contributed by atoms with van der Waals surface area (Å²) in [5.74, 6) is -0.870. The third kappa shape index (κ3) is 4.75. The molecule has 4 rings (SSSR count). The van der Waals surface area contributed by atoms with Crippen molar-refractivity contribution in [1.82, 2.24) is 24.5 Å². The van der Waals surface area contributed by atoms with Crippen LogP contribution in [-0.4, -0.2) is 36.4 Å². The maximum atomic E-state index is 13.5. The monoisotopic (exact) mass is 471 g/mol. The van der Waals surface area contributed by atoms with Crippen LogP contribution in [0.4, 0.5) is 24.5 Å². The number of fused-ring (bicyclic) bond motifs is 1. The number of alkyl halides is 3. The molecule has 2 amide bonds. The average molecular weight is 471 g/mol. The summed E-state index contributed by atoms with van der Waals surface area (Å²) < 4.78 is 43.1. The molecule has 0 aliphatic heterocycles. The molecule has 0 atom stereocenters. The molecule has 0 saturated carbocycles. The van der Waals surface area contributed by atoms with Gasteiger partial charge < -0.3 is 10.6 Å². The van der Waals surface area contributed by atoms with E-state index in [-0.39, 0.29) is 40.6 Å². The first-order chi connectivity index (χ1) is 16.0. The zero-order chi connectivity index (χ0) is 24.6. The van der Waals surface area contributed by atoms with Crippen molar-refractivity contribution in [2.45, 2.75) is 26.6 Å². The molecule has 0 aliphatic carbocycles. The van der Waals surface area contributed by atoms with Crippen LogP contribution in [0.2, 0.25) is 0 Å². The van der Waals surface area contributed by atoms with Crippen molar-refractivity contribution in [2.75, 3.05) is 10.6 Å². The number of hydrogen-bond acceptors (Lipinski definition) is 5. The Morgan fingerprint density at radius 1 is 1.00 bits per heavy atom. The average Bonchev–Trinajstić information content (AvgIpc) is 3.31. The lowest BCUT2D eigenvalue weighted by molar-refractivity contribution is -0.136. The third-order valence-electron chi connectivity index (χ3n) is 4.98. The van der Waals surface area contributed by atoms with E-state index in [1.54, 1.807) is 43.6 Å². The van der Waals surface area contributed by atoms with Gasteiger partial charge in [-0.05, 0) is 50.2 Å². The van der Waals surface area contributed by atoms with Gasteiger partial charge in [-0.25, -0.2) is 9.67 Å². The molecular formula is C22H20F3N7O2. The highest BCUT2D eigenvalue weighted by molar-refractivity contribution is 6.03. The molecule has 34 heavy (non-hydrogen) atoms. The largest absolute Gasteiger partial charge is 0.417 e. The summed E-state index contributed by atoms with van der Waals surface area (Å²) in [5.41, 5.74) is 0.672. The Balaban J connectivity index is 1.47. The first kappa shape index (κ1) is 23.0. The minimum atomic E-state index is -4.57. The Labute approximate surface area is 191 Å². The number of rotatable bonds is 5. The van der Waals surface area contributed by atoms with E-state index in [1.807, 2.05) is 0 Å². The predicted octanol–water partition coefficient (Wildman–Crippen LogP) is 3.69. The van der Waals surface area contributed by atoms with Gasteiger partial charge in [0.15, 0.2) is 11.3 Å². The van der Waals surface area contributed by atoms with Crippen LogP contribution in [-0.2, 0) is 24.6 Å².